The van der Waals surface area contributed by atoms with E-state index >= 15 is 0 Å². The van der Waals surface area contributed by atoms with Crippen LogP contribution in [-0.2, 0) is 6.54 Å². The van der Waals surface area contributed by atoms with Gasteiger partial charge in [0.25, 0.3) is 5.56 Å². The second-order valence-corrected chi connectivity index (χ2v) is 5.08. The normalized spacial score (nSPS) is 10.3. The van der Waals surface area contributed by atoms with Crippen molar-refractivity contribution < 1.29 is 9.53 Å². The van der Waals surface area contributed by atoms with E-state index in [1.807, 2.05) is 13.0 Å². The van der Waals surface area contributed by atoms with Crippen molar-refractivity contribution in [1.82, 2.24) is 4.57 Å². The van der Waals surface area contributed by atoms with Crippen molar-refractivity contribution in [3.63, 3.8) is 0 Å². The van der Waals surface area contributed by atoms with Gasteiger partial charge in [-0.25, -0.2) is 0 Å². The van der Waals surface area contributed by atoms with Gasteiger partial charge in [0, 0.05) is 16.7 Å². The SMILES string of the molecule is CCOc1ccccc1C(=O)Cn1cc(Br)ccc1=O. The van der Waals surface area contributed by atoms with Crippen LogP contribution in [0.2, 0.25) is 0 Å². The topological polar surface area (TPSA) is 48.3 Å². The molecule has 0 radical (unpaired) electrons. The van der Waals surface area contributed by atoms with Gasteiger partial charge in [-0.1, -0.05) is 12.1 Å². The Morgan fingerprint density at radius 3 is 2.75 bits per heavy atom. The third-order valence-electron chi connectivity index (χ3n) is 2.75. The summed E-state index contributed by atoms with van der Waals surface area (Å²) in [4.78, 5) is 24.0. The van der Waals surface area contributed by atoms with Gasteiger partial charge < -0.3 is 9.30 Å². The van der Waals surface area contributed by atoms with E-state index in [0.717, 1.165) is 4.47 Å². The van der Waals surface area contributed by atoms with Gasteiger partial charge >= 0.3 is 0 Å². The number of hydrogen-bond donors (Lipinski definition) is 0. The molecule has 104 valence electrons. The molecule has 20 heavy (non-hydrogen) atoms. The lowest BCUT2D eigenvalue weighted by molar-refractivity contribution is 0.0967. The Labute approximate surface area is 125 Å². The molecule has 0 saturated carbocycles. The number of ketones is 1. The molecule has 2 rings (SSSR count). The first-order valence-electron chi connectivity index (χ1n) is 6.23. The molecule has 1 aromatic carbocycles. The van der Waals surface area contributed by atoms with Gasteiger partial charge in [0.05, 0.1) is 18.7 Å². The molecule has 1 aromatic heterocycles. The van der Waals surface area contributed by atoms with Crippen molar-refractivity contribution in [2.24, 2.45) is 0 Å². The average Bonchev–Trinajstić information content (AvgIpc) is 2.44. The molecule has 0 amide bonds. The van der Waals surface area contributed by atoms with E-state index < -0.39 is 0 Å². The molecule has 5 heteroatoms. The number of rotatable bonds is 5. The first-order valence-corrected chi connectivity index (χ1v) is 7.02. The number of aromatic nitrogens is 1. The molecule has 0 aliphatic heterocycles. The smallest absolute Gasteiger partial charge is 0.251 e. The molecular formula is C15H14BrNO3. The minimum absolute atomic E-state index is 0.0115. The van der Waals surface area contributed by atoms with Crippen molar-refractivity contribution >= 4 is 21.7 Å². The Bertz CT molecular complexity index is 679. The maximum Gasteiger partial charge on any atom is 0.251 e. The van der Waals surface area contributed by atoms with Gasteiger partial charge in [-0.15, -0.1) is 0 Å². The molecule has 0 unspecified atom stereocenters. The second kappa shape index (κ2) is 6.52. The van der Waals surface area contributed by atoms with Crippen LogP contribution in [0.5, 0.6) is 5.75 Å². The van der Waals surface area contributed by atoms with Gasteiger partial charge in [0.1, 0.15) is 5.75 Å². The Hall–Kier alpha value is -1.88. The first kappa shape index (κ1) is 14.5. The molecule has 0 fully saturated rings. The standard InChI is InChI=1S/C15H14BrNO3/c1-2-20-14-6-4-3-5-12(14)13(18)10-17-9-11(16)7-8-15(17)19/h3-9H,2,10H2,1H3. The number of hydrogen-bond acceptors (Lipinski definition) is 3. The lowest BCUT2D eigenvalue weighted by Crippen LogP contribution is -2.23. The highest BCUT2D eigenvalue weighted by Crippen LogP contribution is 2.19. The quantitative estimate of drug-likeness (QED) is 0.789. The number of carbonyl (C=O) groups is 1. The number of benzene rings is 1. The highest BCUT2D eigenvalue weighted by molar-refractivity contribution is 9.10. The molecule has 0 aliphatic rings. The molecule has 1 heterocycles. The summed E-state index contributed by atoms with van der Waals surface area (Å²) in [6.45, 7) is 2.34. The zero-order valence-corrected chi connectivity index (χ0v) is 12.6. The largest absolute Gasteiger partial charge is 0.493 e. The Balaban J connectivity index is 2.28. The lowest BCUT2D eigenvalue weighted by Gasteiger charge is -2.10. The molecule has 0 spiro atoms. The van der Waals surface area contributed by atoms with Crippen molar-refractivity contribution in [1.29, 1.82) is 0 Å². The fourth-order valence-electron chi connectivity index (χ4n) is 1.84. The van der Waals surface area contributed by atoms with E-state index in [1.165, 1.54) is 10.6 Å². The van der Waals surface area contributed by atoms with Crippen LogP contribution in [0.1, 0.15) is 17.3 Å². The van der Waals surface area contributed by atoms with E-state index in [9.17, 15) is 9.59 Å². The minimum atomic E-state index is -0.213. The number of halogens is 1. The van der Waals surface area contributed by atoms with Gasteiger partial charge in [0.15, 0.2) is 5.78 Å². The summed E-state index contributed by atoms with van der Waals surface area (Å²) in [5.74, 6) is 0.386. The number of nitrogens with zero attached hydrogens (tertiary/aromatic N) is 1. The molecule has 0 bridgehead atoms. The van der Waals surface area contributed by atoms with Crippen molar-refractivity contribution in [2.75, 3.05) is 6.61 Å². The summed E-state index contributed by atoms with van der Waals surface area (Å²) in [7, 11) is 0. The van der Waals surface area contributed by atoms with Crippen LogP contribution in [0.4, 0.5) is 0 Å². The Kier molecular flexibility index (Phi) is 4.74. The molecule has 0 aliphatic carbocycles. The molecule has 0 atom stereocenters. The average molecular weight is 336 g/mol. The van der Waals surface area contributed by atoms with Crippen LogP contribution in [0.15, 0.2) is 51.9 Å². The fraction of sp³-hybridized carbons (Fsp3) is 0.200. The van der Waals surface area contributed by atoms with Crippen LogP contribution in [0.25, 0.3) is 0 Å². The summed E-state index contributed by atoms with van der Waals surface area (Å²) in [5, 5.41) is 0. The van der Waals surface area contributed by atoms with Crippen LogP contribution in [0, 0.1) is 0 Å². The van der Waals surface area contributed by atoms with Gasteiger partial charge in [-0.3, -0.25) is 9.59 Å². The predicted octanol–water partition coefficient (Wildman–Crippen LogP) is 2.89. The van der Waals surface area contributed by atoms with Gasteiger partial charge in [-0.2, -0.15) is 0 Å². The number of carbonyl (C=O) groups excluding carboxylic acids is 1. The number of ether oxygens (including phenoxy) is 1. The maximum absolute atomic E-state index is 12.3. The molecular weight excluding hydrogens is 322 g/mol. The van der Waals surface area contributed by atoms with E-state index in [-0.39, 0.29) is 17.9 Å². The number of Topliss-reactive ketones (excluding diaryl/α,β-unsaturated/α-hetero) is 1. The molecule has 2 aromatic rings. The Morgan fingerprint density at radius 1 is 1.25 bits per heavy atom. The van der Waals surface area contributed by atoms with Gasteiger partial charge in [-0.05, 0) is 41.1 Å². The van der Waals surface area contributed by atoms with E-state index in [1.54, 1.807) is 30.5 Å². The van der Waals surface area contributed by atoms with Crippen molar-refractivity contribution in [3.8, 4) is 5.75 Å². The predicted molar refractivity (Wildman–Crippen MR) is 80.3 cm³/mol. The van der Waals surface area contributed by atoms with E-state index in [4.69, 9.17) is 4.74 Å². The number of para-hydroxylation sites is 1. The summed E-state index contributed by atoms with van der Waals surface area (Å²) in [6, 6.07) is 10.1. The van der Waals surface area contributed by atoms with Crippen molar-refractivity contribution in [3.05, 3.63) is 63.0 Å². The van der Waals surface area contributed by atoms with Crippen LogP contribution < -0.4 is 10.3 Å². The summed E-state index contributed by atoms with van der Waals surface area (Å²) in [6.07, 6.45) is 1.60. The van der Waals surface area contributed by atoms with Crippen molar-refractivity contribution in [2.45, 2.75) is 13.5 Å². The minimum Gasteiger partial charge on any atom is -0.493 e. The van der Waals surface area contributed by atoms with E-state index in [2.05, 4.69) is 15.9 Å². The Morgan fingerprint density at radius 2 is 2.00 bits per heavy atom. The maximum atomic E-state index is 12.3. The fourth-order valence-corrected chi connectivity index (χ4v) is 2.22. The molecule has 4 nitrogen and oxygen atoms in total. The lowest BCUT2D eigenvalue weighted by atomic mass is 10.1. The first-order chi connectivity index (χ1) is 9.61. The number of pyridine rings is 1. The van der Waals surface area contributed by atoms with Crippen LogP contribution >= 0.6 is 15.9 Å². The van der Waals surface area contributed by atoms with E-state index in [0.29, 0.717) is 17.9 Å². The summed E-state index contributed by atoms with van der Waals surface area (Å²) >= 11 is 3.29. The molecule has 0 N–H and O–H groups in total. The highest BCUT2D eigenvalue weighted by Gasteiger charge is 2.13. The third kappa shape index (κ3) is 3.36. The third-order valence-corrected chi connectivity index (χ3v) is 3.22. The van der Waals surface area contributed by atoms with Gasteiger partial charge in [0.2, 0.25) is 0 Å². The second-order valence-electron chi connectivity index (χ2n) is 4.17. The van der Waals surface area contributed by atoms with Crippen LogP contribution in [0.3, 0.4) is 0 Å². The monoisotopic (exact) mass is 335 g/mol. The summed E-state index contributed by atoms with van der Waals surface area (Å²) < 4.78 is 7.56. The summed E-state index contributed by atoms with van der Waals surface area (Å²) in [5.41, 5.74) is 0.275. The van der Waals surface area contributed by atoms with Crippen LogP contribution in [-0.4, -0.2) is 17.0 Å². The highest BCUT2D eigenvalue weighted by atomic mass is 79.9. The molecule has 0 saturated heterocycles. The zero-order valence-electron chi connectivity index (χ0n) is 11.0. The zero-order chi connectivity index (χ0) is 14.5.